The molecule has 1 atom stereocenters. The molecule has 1 aromatic rings. The molecule has 1 heterocycles. The van der Waals surface area contributed by atoms with E-state index in [1.807, 2.05) is 24.3 Å². The predicted octanol–water partition coefficient (Wildman–Crippen LogP) is 2.03. The summed E-state index contributed by atoms with van der Waals surface area (Å²) < 4.78 is 12.8. The topological polar surface area (TPSA) is 3.24 Å². The Morgan fingerprint density at radius 1 is 1.42 bits per heavy atom. The first kappa shape index (κ1) is 7.59. The molecule has 0 unspecified atom stereocenters. The molecule has 0 N–H and O–H groups in total. The zero-order valence-electron chi connectivity index (χ0n) is 6.83. The van der Waals surface area contributed by atoms with Crippen molar-refractivity contribution in [2.24, 2.45) is 0 Å². The highest BCUT2D eigenvalue weighted by Gasteiger charge is 2.21. The van der Waals surface area contributed by atoms with Crippen LogP contribution in [0.2, 0.25) is 0 Å². The fourth-order valence-electron chi connectivity index (χ4n) is 1.54. The first-order valence-electron chi connectivity index (χ1n) is 4.21. The maximum atomic E-state index is 12.8. The number of alkyl halides is 1. The van der Waals surface area contributed by atoms with E-state index in [9.17, 15) is 4.39 Å². The monoisotopic (exact) mass is 164 g/mol. The second kappa shape index (κ2) is 3.13. The number of rotatable bonds is 1. The van der Waals surface area contributed by atoms with E-state index in [1.165, 1.54) is 0 Å². The Morgan fingerprint density at radius 3 is 2.75 bits per heavy atom. The van der Waals surface area contributed by atoms with E-state index in [-0.39, 0.29) is 0 Å². The number of hydrogen-bond donors (Lipinski definition) is 0. The van der Waals surface area contributed by atoms with Crippen LogP contribution in [0.3, 0.4) is 0 Å². The van der Waals surface area contributed by atoms with Crippen LogP contribution in [0.25, 0.3) is 0 Å². The summed E-state index contributed by atoms with van der Waals surface area (Å²) in [6.07, 6.45) is 0.0210. The van der Waals surface area contributed by atoms with Crippen molar-refractivity contribution < 1.29 is 4.39 Å². The first-order valence-corrected chi connectivity index (χ1v) is 4.21. The lowest BCUT2D eigenvalue weighted by Crippen LogP contribution is -2.19. The van der Waals surface area contributed by atoms with Gasteiger partial charge in [-0.2, -0.15) is 0 Å². The zero-order valence-corrected chi connectivity index (χ0v) is 6.83. The average Bonchev–Trinajstić information content (AvgIpc) is 2.54. The quantitative estimate of drug-likeness (QED) is 0.614. The van der Waals surface area contributed by atoms with Gasteiger partial charge in [-0.05, 0) is 24.6 Å². The minimum atomic E-state index is -0.644. The van der Waals surface area contributed by atoms with E-state index in [0.717, 1.165) is 12.2 Å². The maximum absolute atomic E-state index is 12.8. The van der Waals surface area contributed by atoms with Crippen LogP contribution >= 0.6 is 0 Å². The zero-order chi connectivity index (χ0) is 8.39. The minimum absolute atomic E-state index is 0.546. The molecule has 2 heteroatoms. The first-order chi connectivity index (χ1) is 5.86. The molecular formula is C10H11FN. The fourth-order valence-corrected chi connectivity index (χ4v) is 1.54. The lowest BCUT2D eigenvalue weighted by molar-refractivity contribution is 0.364. The molecule has 1 aliphatic heterocycles. The minimum Gasteiger partial charge on any atom is -0.369 e. The molecule has 12 heavy (non-hydrogen) atoms. The van der Waals surface area contributed by atoms with Crippen LogP contribution in [0, 0.1) is 6.07 Å². The highest BCUT2D eigenvalue weighted by Crippen LogP contribution is 2.20. The van der Waals surface area contributed by atoms with Crippen LogP contribution in [-0.4, -0.2) is 19.3 Å². The van der Waals surface area contributed by atoms with Gasteiger partial charge in [0.2, 0.25) is 0 Å². The predicted molar refractivity (Wildman–Crippen MR) is 47.0 cm³/mol. The van der Waals surface area contributed by atoms with Gasteiger partial charge in [0, 0.05) is 18.8 Å². The molecule has 0 bridgehead atoms. The molecule has 0 aromatic heterocycles. The Hall–Kier alpha value is -1.05. The summed E-state index contributed by atoms with van der Waals surface area (Å²) in [6.45, 7) is 1.38. The number of hydrogen-bond acceptors (Lipinski definition) is 1. The Labute approximate surface area is 71.8 Å². The molecule has 0 aliphatic carbocycles. The van der Waals surface area contributed by atoms with Crippen LogP contribution in [-0.2, 0) is 0 Å². The van der Waals surface area contributed by atoms with Crippen molar-refractivity contribution in [2.45, 2.75) is 12.6 Å². The summed E-state index contributed by atoms with van der Waals surface area (Å²) in [6, 6.07) is 10.6. The van der Waals surface area contributed by atoms with E-state index in [4.69, 9.17) is 0 Å². The number of anilines is 1. The molecule has 1 fully saturated rings. The summed E-state index contributed by atoms with van der Waals surface area (Å²) in [7, 11) is 0. The Kier molecular flexibility index (Phi) is 1.98. The molecule has 1 radical (unpaired) electrons. The van der Waals surface area contributed by atoms with Gasteiger partial charge < -0.3 is 4.90 Å². The highest BCUT2D eigenvalue weighted by molar-refractivity contribution is 5.46. The van der Waals surface area contributed by atoms with Gasteiger partial charge in [-0.15, -0.1) is 0 Å². The highest BCUT2D eigenvalue weighted by atomic mass is 19.1. The van der Waals surface area contributed by atoms with Crippen molar-refractivity contribution in [1.29, 1.82) is 0 Å². The van der Waals surface area contributed by atoms with Crippen molar-refractivity contribution >= 4 is 5.69 Å². The summed E-state index contributed by atoms with van der Waals surface area (Å²) >= 11 is 0. The summed E-state index contributed by atoms with van der Waals surface area (Å²) in [5, 5.41) is 0. The Morgan fingerprint density at radius 2 is 2.17 bits per heavy atom. The van der Waals surface area contributed by atoms with Crippen molar-refractivity contribution in [3.05, 3.63) is 30.3 Å². The Bertz CT molecular complexity index is 247. The van der Waals surface area contributed by atoms with Crippen LogP contribution in [0.1, 0.15) is 6.42 Å². The van der Waals surface area contributed by atoms with Gasteiger partial charge in [0.05, 0.1) is 0 Å². The maximum Gasteiger partial charge on any atom is 0.119 e. The normalized spacial score (nSPS) is 23.1. The number of halogens is 1. The third-order valence-corrected chi connectivity index (χ3v) is 2.20. The lowest BCUT2D eigenvalue weighted by Gasteiger charge is -2.16. The molecule has 0 amide bonds. The van der Waals surface area contributed by atoms with Gasteiger partial charge in [-0.1, -0.05) is 12.1 Å². The van der Waals surface area contributed by atoms with Crippen LogP contribution in [0.15, 0.2) is 24.3 Å². The van der Waals surface area contributed by atoms with Gasteiger partial charge in [0.15, 0.2) is 0 Å². The van der Waals surface area contributed by atoms with E-state index in [2.05, 4.69) is 11.0 Å². The summed E-state index contributed by atoms with van der Waals surface area (Å²) in [4.78, 5) is 2.07. The average molecular weight is 164 g/mol. The van der Waals surface area contributed by atoms with Gasteiger partial charge in [-0.25, -0.2) is 4.39 Å². The molecular weight excluding hydrogens is 153 g/mol. The molecule has 1 aromatic carbocycles. The van der Waals surface area contributed by atoms with E-state index in [0.29, 0.717) is 13.0 Å². The Balaban J connectivity index is 2.11. The molecule has 2 rings (SSSR count). The number of nitrogens with zero attached hydrogens (tertiary/aromatic N) is 1. The number of benzene rings is 1. The lowest BCUT2D eigenvalue weighted by atomic mass is 10.3. The van der Waals surface area contributed by atoms with Crippen LogP contribution in [0.4, 0.5) is 10.1 Å². The van der Waals surface area contributed by atoms with Gasteiger partial charge in [-0.3, -0.25) is 0 Å². The van der Waals surface area contributed by atoms with E-state index < -0.39 is 6.17 Å². The second-order valence-electron chi connectivity index (χ2n) is 3.09. The molecule has 1 aliphatic rings. The molecule has 0 spiro atoms. The SMILES string of the molecule is F[C@@H]1CCN(c2cc[c]cc2)C1. The summed E-state index contributed by atoms with van der Waals surface area (Å²) in [5.41, 5.74) is 1.11. The molecule has 63 valence electrons. The largest absolute Gasteiger partial charge is 0.369 e. The van der Waals surface area contributed by atoms with E-state index in [1.54, 1.807) is 0 Å². The standard InChI is InChI=1S/C10H11FN/c11-9-6-7-12(8-9)10-4-2-1-3-5-10/h2-5,9H,6-8H2/t9-/m1/s1. The smallest absolute Gasteiger partial charge is 0.119 e. The van der Waals surface area contributed by atoms with Gasteiger partial charge in [0.25, 0.3) is 0 Å². The van der Waals surface area contributed by atoms with Crippen LogP contribution in [0.5, 0.6) is 0 Å². The molecule has 1 saturated heterocycles. The fraction of sp³-hybridized carbons (Fsp3) is 0.400. The third-order valence-electron chi connectivity index (χ3n) is 2.20. The van der Waals surface area contributed by atoms with Crippen molar-refractivity contribution in [3.63, 3.8) is 0 Å². The van der Waals surface area contributed by atoms with E-state index >= 15 is 0 Å². The van der Waals surface area contributed by atoms with Crippen LogP contribution < -0.4 is 4.90 Å². The van der Waals surface area contributed by atoms with Crippen molar-refractivity contribution in [1.82, 2.24) is 0 Å². The molecule has 0 saturated carbocycles. The van der Waals surface area contributed by atoms with Crippen molar-refractivity contribution in [2.75, 3.05) is 18.0 Å². The third kappa shape index (κ3) is 1.42. The molecule has 1 nitrogen and oxygen atoms in total. The second-order valence-corrected chi connectivity index (χ2v) is 3.09. The van der Waals surface area contributed by atoms with Gasteiger partial charge in [0.1, 0.15) is 6.17 Å². The van der Waals surface area contributed by atoms with Gasteiger partial charge >= 0.3 is 0 Å². The van der Waals surface area contributed by atoms with Crippen molar-refractivity contribution in [3.8, 4) is 0 Å². The summed E-state index contributed by atoms with van der Waals surface area (Å²) in [5.74, 6) is 0.